The zero-order valence-corrected chi connectivity index (χ0v) is 18.2. The van der Waals surface area contributed by atoms with Crippen molar-refractivity contribution < 1.29 is 4.79 Å². The van der Waals surface area contributed by atoms with Crippen LogP contribution in [0, 0.1) is 0 Å². The third-order valence-electron chi connectivity index (χ3n) is 5.63. The van der Waals surface area contributed by atoms with Gasteiger partial charge in [0.25, 0.3) is 0 Å². The van der Waals surface area contributed by atoms with Crippen molar-refractivity contribution in [2.24, 2.45) is 0 Å². The van der Waals surface area contributed by atoms with Gasteiger partial charge < -0.3 is 15.5 Å². The molecule has 28 heavy (non-hydrogen) atoms. The maximum Gasteiger partial charge on any atom is 0.317 e. The molecular weight excluding hydrogens is 395 g/mol. The Hall–Kier alpha value is -1.27. The van der Waals surface area contributed by atoms with Crippen LogP contribution in [0.3, 0.4) is 0 Å². The first-order valence-electron chi connectivity index (χ1n) is 10.00. The minimum Gasteiger partial charge on any atom is -0.335 e. The standard InChI is InChI=1S/C21H30Cl2N4O/c1-26(2)21(28)25-16-8-6-15(7-9-16)14-19(27-12-10-24-11-13-27)17-4-3-5-18(22)20(17)23/h3-6,16,19,24H,7-14H2,1-2H3,(H,25,28). The largest absolute Gasteiger partial charge is 0.335 e. The average molecular weight is 425 g/mol. The quantitative estimate of drug-likeness (QED) is 0.699. The highest BCUT2D eigenvalue weighted by molar-refractivity contribution is 6.42. The predicted molar refractivity (Wildman–Crippen MR) is 116 cm³/mol. The summed E-state index contributed by atoms with van der Waals surface area (Å²) in [6.45, 7) is 3.99. The van der Waals surface area contributed by atoms with Crippen LogP contribution in [0.15, 0.2) is 29.8 Å². The summed E-state index contributed by atoms with van der Waals surface area (Å²) in [4.78, 5) is 16.0. The predicted octanol–water partition coefficient (Wildman–Crippen LogP) is 4.08. The van der Waals surface area contributed by atoms with Gasteiger partial charge in [0.15, 0.2) is 0 Å². The zero-order chi connectivity index (χ0) is 20.1. The van der Waals surface area contributed by atoms with E-state index in [0.29, 0.717) is 10.0 Å². The lowest BCUT2D eigenvalue weighted by atomic mass is 9.88. The van der Waals surface area contributed by atoms with E-state index in [9.17, 15) is 4.79 Å². The Balaban J connectivity index is 1.72. The molecule has 0 saturated carbocycles. The molecule has 7 heteroatoms. The van der Waals surface area contributed by atoms with Gasteiger partial charge in [0.2, 0.25) is 0 Å². The van der Waals surface area contributed by atoms with Gasteiger partial charge in [-0.2, -0.15) is 0 Å². The highest BCUT2D eigenvalue weighted by Gasteiger charge is 2.27. The summed E-state index contributed by atoms with van der Waals surface area (Å²) < 4.78 is 0. The molecule has 2 atom stereocenters. The molecule has 1 heterocycles. The van der Waals surface area contributed by atoms with Crippen LogP contribution < -0.4 is 10.6 Å². The van der Waals surface area contributed by atoms with E-state index in [-0.39, 0.29) is 18.1 Å². The Morgan fingerprint density at radius 1 is 1.32 bits per heavy atom. The van der Waals surface area contributed by atoms with Crippen molar-refractivity contribution in [1.82, 2.24) is 20.4 Å². The van der Waals surface area contributed by atoms with Crippen molar-refractivity contribution in [3.63, 3.8) is 0 Å². The molecule has 0 radical (unpaired) electrons. The number of carbonyl (C=O) groups is 1. The van der Waals surface area contributed by atoms with Gasteiger partial charge in [0.05, 0.1) is 10.0 Å². The molecule has 0 bridgehead atoms. The van der Waals surface area contributed by atoms with E-state index in [0.717, 1.165) is 57.4 Å². The second-order valence-corrected chi connectivity index (χ2v) is 8.61. The summed E-state index contributed by atoms with van der Waals surface area (Å²) in [5.41, 5.74) is 2.55. The fourth-order valence-corrected chi connectivity index (χ4v) is 4.40. The maximum absolute atomic E-state index is 11.9. The molecule has 2 unspecified atom stereocenters. The molecule has 1 aromatic rings. The van der Waals surface area contributed by atoms with Crippen molar-refractivity contribution in [2.45, 2.75) is 37.8 Å². The fraction of sp³-hybridized carbons (Fsp3) is 0.571. The summed E-state index contributed by atoms with van der Waals surface area (Å²) in [6, 6.07) is 6.36. The summed E-state index contributed by atoms with van der Waals surface area (Å²) in [5, 5.41) is 7.79. The second-order valence-electron chi connectivity index (χ2n) is 7.83. The Labute approximate surface area is 178 Å². The number of nitrogens with zero attached hydrogens (tertiary/aromatic N) is 2. The number of hydrogen-bond donors (Lipinski definition) is 2. The molecule has 2 aliphatic rings. The van der Waals surface area contributed by atoms with E-state index < -0.39 is 0 Å². The van der Waals surface area contributed by atoms with Crippen molar-refractivity contribution >= 4 is 29.2 Å². The van der Waals surface area contributed by atoms with Crippen molar-refractivity contribution in [3.8, 4) is 0 Å². The zero-order valence-electron chi connectivity index (χ0n) is 16.7. The molecule has 3 rings (SSSR count). The molecule has 0 spiro atoms. The van der Waals surface area contributed by atoms with Gasteiger partial charge in [-0.1, -0.05) is 47.0 Å². The van der Waals surface area contributed by atoms with Crippen molar-refractivity contribution in [1.29, 1.82) is 0 Å². The molecule has 1 fully saturated rings. The van der Waals surface area contributed by atoms with Gasteiger partial charge in [-0.3, -0.25) is 4.90 Å². The van der Waals surface area contributed by atoms with E-state index in [2.05, 4.69) is 27.7 Å². The van der Waals surface area contributed by atoms with E-state index >= 15 is 0 Å². The molecule has 2 amide bonds. The summed E-state index contributed by atoms with van der Waals surface area (Å²) >= 11 is 12.9. The Bertz CT molecular complexity index is 716. The highest BCUT2D eigenvalue weighted by atomic mass is 35.5. The van der Waals surface area contributed by atoms with E-state index in [1.54, 1.807) is 19.0 Å². The molecule has 0 aromatic heterocycles. The van der Waals surface area contributed by atoms with Gasteiger partial charge in [0.1, 0.15) is 0 Å². The van der Waals surface area contributed by atoms with Crippen LogP contribution in [-0.2, 0) is 0 Å². The lowest BCUT2D eigenvalue weighted by Crippen LogP contribution is -2.45. The monoisotopic (exact) mass is 424 g/mol. The average Bonchev–Trinajstić information content (AvgIpc) is 2.70. The first kappa shape index (κ1) is 21.4. The van der Waals surface area contributed by atoms with E-state index in [4.69, 9.17) is 23.2 Å². The Kier molecular flexibility index (Phi) is 7.63. The molecule has 1 aliphatic heterocycles. The number of rotatable bonds is 5. The van der Waals surface area contributed by atoms with Gasteiger partial charge in [-0.05, 0) is 37.3 Å². The topological polar surface area (TPSA) is 47.6 Å². The van der Waals surface area contributed by atoms with E-state index in [1.165, 1.54) is 5.57 Å². The third-order valence-corrected chi connectivity index (χ3v) is 6.46. The SMILES string of the molecule is CN(C)C(=O)NC1CC=C(CC(c2cccc(Cl)c2Cl)N2CCNCC2)CC1. The van der Waals surface area contributed by atoms with Gasteiger partial charge in [-0.25, -0.2) is 4.79 Å². The third kappa shape index (κ3) is 5.41. The minimum absolute atomic E-state index is 0.0220. The van der Waals surface area contributed by atoms with Crippen molar-refractivity contribution in [3.05, 3.63) is 45.5 Å². The van der Waals surface area contributed by atoms with Crippen LogP contribution in [0.2, 0.25) is 10.0 Å². The van der Waals surface area contributed by atoms with Crippen LogP contribution in [0.4, 0.5) is 4.79 Å². The lowest BCUT2D eigenvalue weighted by molar-refractivity contribution is 0.171. The number of piperazine rings is 1. The molecule has 154 valence electrons. The lowest BCUT2D eigenvalue weighted by Gasteiger charge is -2.37. The first-order chi connectivity index (χ1) is 13.5. The van der Waals surface area contributed by atoms with Crippen LogP contribution >= 0.6 is 23.2 Å². The van der Waals surface area contributed by atoms with Crippen LogP contribution in [0.1, 0.15) is 37.3 Å². The smallest absolute Gasteiger partial charge is 0.317 e. The number of benzene rings is 1. The minimum atomic E-state index is -0.0220. The molecule has 1 aliphatic carbocycles. The number of carbonyl (C=O) groups excluding carboxylic acids is 1. The fourth-order valence-electron chi connectivity index (χ4n) is 3.96. The Morgan fingerprint density at radius 3 is 2.71 bits per heavy atom. The van der Waals surface area contributed by atoms with Crippen LogP contribution in [0.25, 0.3) is 0 Å². The number of halogens is 2. The van der Waals surface area contributed by atoms with Crippen LogP contribution in [-0.4, -0.2) is 62.1 Å². The van der Waals surface area contributed by atoms with E-state index in [1.807, 2.05) is 12.1 Å². The highest BCUT2D eigenvalue weighted by Crippen LogP contribution is 2.38. The summed E-state index contributed by atoms with van der Waals surface area (Å²) in [7, 11) is 3.54. The first-order valence-corrected chi connectivity index (χ1v) is 10.8. The molecule has 5 nitrogen and oxygen atoms in total. The number of urea groups is 1. The second kappa shape index (κ2) is 9.97. The van der Waals surface area contributed by atoms with Crippen LogP contribution in [0.5, 0.6) is 0 Å². The number of hydrogen-bond acceptors (Lipinski definition) is 3. The molecule has 2 N–H and O–H groups in total. The molecule has 1 saturated heterocycles. The van der Waals surface area contributed by atoms with Gasteiger partial charge in [-0.15, -0.1) is 0 Å². The normalized spacial score (nSPS) is 21.7. The molecular formula is C21H30Cl2N4O. The van der Waals surface area contributed by atoms with Crippen molar-refractivity contribution in [2.75, 3.05) is 40.3 Å². The van der Waals surface area contributed by atoms with Gasteiger partial charge >= 0.3 is 6.03 Å². The summed E-state index contributed by atoms with van der Waals surface area (Å²) in [5.74, 6) is 0. The number of nitrogens with one attached hydrogen (secondary N) is 2. The maximum atomic E-state index is 11.9. The molecule has 1 aromatic carbocycles. The Morgan fingerprint density at radius 2 is 2.07 bits per heavy atom. The van der Waals surface area contributed by atoms with Gasteiger partial charge in [0, 0.05) is 52.4 Å². The summed E-state index contributed by atoms with van der Waals surface area (Å²) in [6.07, 6.45) is 6.11. The number of amides is 2.